The van der Waals surface area contributed by atoms with E-state index >= 15 is 0 Å². The van der Waals surface area contributed by atoms with Crippen LogP contribution in [-0.4, -0.2) is 22.9 Å². The Bertz CT molecular complexity index is 524. The molecule has 0 spiro atoms. The van der Waals surface area contributed by atoms with Gasteiger partial charge in [-0.3, -0.25) is 4.79 Å². The van der Waals surface area contributed by atoms with E-state index in [9.17, 15) is 4.79 Å². The molecule has 0 saturated carbocycles. The van der Waals surface area contributed by atoms with Crippen LogP contribution in [0.1, 0.15) is 15.9 Å². The van der Waals surface area contributed by atoms with Crippen molar-refractivity contribution in [2.75, 3.05) is 11.9 Å². The molecule has 0 aliphatic rings. The van der Waals surface area contributed by atoms with E-state index in [2.05, 4.69) is 9.97 Å². The van der Waals surface area contributed by atoms with Gasteiger partial charge in [0.2, 0.25) is 11.9 Å². The summed E-state index contributed by atoms with van der Waals surface area (Å²) in [5, 5.41) is 0. The highest BCUT2D eigenvalue weighted by Gasteiger charge is 2.05. The maximum absolute atomic E-state index is 10.9. The van der Waals surface area contributed by atoms with E-state index < -0.39 is 5.91 Å². The lowest BCUT2D eigenvalue weighted by Gasteiger charge is -2.16. The Labute approximate surface area is 105 Å². The van der Waals surface area contributed by atoms with Crippen molar-refractivity contribution in [2.24, 2.45) is 5.73 Å². The predicted octanol–water partition coefficient (Wildman–Crippen LogP) is 1.21. The van der Waals surface area contributed by atoms with Crippen LogP contribution in [-0.2, 0) is 6.54 Å². The summed E-state index contributed by atoms with van der Waals surface area (Å²) in [6.07, 6.45) is 3.41. The molecule has 1 heterocycles. The van der Waals surface area contributed by atoms with Gasteiger partial charge in [0.1, 0.15) is 0 Å². The Kier molecular flexibility index (Phi) is 3.52. The molecule has 2 N–H and O–H groups in total. The smallest absolute Gasteiger partial charge is 0.248 e. The van der Waals surface area contributed by atoms with Crippen molar-refractivity contribution in [1.82, 2.24) is 9.97 Å². The van der Waals surface area contributed by atoms with Crippen LogP contribution in [0.25, 0.3) is 0 Å². The van der Waals surface area contributed by atoms with Crippen LogP contribution < -0.4 is 10.6 Å². The van der Waals surface area contributed by atoms with Gasteiger partial charge in [-0.1, -0.05) is 12.1 Å². The van der Waals surface area contributed by atoms with Gasteiger partial charge in [-0.25, -0.2) is 9.97 Å². The first-order valence-electron chi connectivity index (χ1n) is 5.54. The van der Waals surface area contributed by atoms with Crippen molar-refractivity contribution in [3.05, 3.63) is 53.9 Å². The van der Waals surface area contributed by atoms with Gasteiger partial charge in [0.15, 0.2) is 0 Å². The highest BCUT2D eigenvalue weighted by Crippen LogP contribution is 2.10. The van der Waals surface area contributed by atoms with Crippen molar-refractivity contribution in [3.63, 3.8) is 0 Å². The van der Waals surface area contributed by atoms with Gasteiger partial charge in [-0.2, -0.15) is 0 Å². The number of hydrogen-bond donors (Lipinski definition) is 1. The summed E-state index contributed by atoms with van der Waals surface area (Å²) in [7, 11) is 1.91. The van der Waals surface area contributed by atoms with E-state index in [1.807, 2.05) is 24.1 Å². The van der Waals surface area contributed by atoms with Crippen LogP contribution in [0.5, 0.6) is 0 Å². The summed E-state index contributed by atoms with van der Waals surface area (Å²) in [5.41, 5.74) is 6.76. The fourth-order valence-corrected chi connectivity index (χ4v) is 1.61. The number of aromatic nitrogens is 2. The van der Waals surface area contributed by atoms with Crippen molar-refractivity contribution >= 4 is 11.9 Å². The van der Waals surface area contributed by atoms with Gasteiger partial charge in [0, 0.05) is 31.5 Å². The number of rotatable bonds is 4. The zero-order valence-corrected chi connectivity index (χ0v) is 10.1. The predicted molar refractivity (Wildman–Crippen MR) is 69.1 cm³/mol. The molecule has 92 valence electrons. The second-order valence-corrected chi connectivity index (χ2v) is 3.97. The second kappa shape index (κ2) is 5.27. The third-order valence-electron chi connectivity index (χ3n) is 2.55. The van der Waals surface area contributed by atoms with Gasteiger partial charge in [0.25, 0.3) is 0 Å². The molecule has 0 saturated heterocycles. The van der Waals surface area contributed by atoms with Gasteiger partial charge < -0.3 is 10.6 Å². The third kappa shape index (κ3) is 2.82. The normalized spacial score (nSPS) is 10.1. The first kappa shape index (κ1) is 12.0. The first-order chi connectivity index (χ1) is 8.66. The highest BCUT2D eigenvalue weighted by molar-refractivity contribution is 5.92. The topological polar surface area (TPSA) is 72.1 Å². The van der Waals surface area contributed by atoms with Crippen LogP contribution in [0.15, 0.2) is 42.7 Å². The number of anilines is 1. The number of carbonyl (C=O) groups excluding carboxylic acids is 1. The van der Waals surface area contributed by atoms with E-state index in [0.29, 0.717) is 18.1 Å². The largest absolute Gasteiger partial charge is 0.366 e. The summed E-state index contributed by atoms with van der Waals surface area (Å²) in [6, 6.07) is 8.97. The summed E-state index contributed by atoms with van der Waals surface area (Å²) < 4.78 is 0. The third-order valence-corrected chi connectivity index (χ3v) is 2.55. The summed E-state index contributed by atoms with van der Waals surface area (Å²) in [6.45, 7) is 0.670. The molecule has 0 radical (unpaired) electrons. The Morgan fingerprint density at radius 2 is 1.83 bits per heavy atom. The number of amides is 1. The van der Waals surface area contributed by atoms with Crippen molar-refractivity contribution in [1.29, 1.82) is 0 Å². The fourth-order valence-electron chi connectivity index (χ4n) is 1.61. The van der Waals surface area contributed by atoms with Crippen LogP contribution in [0, 0.1) is 0 Å². The zero-order chi connectivity index (χ0) is 13.0. The van der Waals surface area contributed by atoms with Crippen molar-refractivity contribution < 1.29 is 4.79 Å². The van der Waals surface area contributed by atoms with E-state index in [4.69, 9.17) is 5.73 Å². The van der Waals surface area contributed by atoms with Crippen LogP contribution >= 0.6 is 0 Å². The lowest BCUT2D eigenvalue weighted by atomic mass is 10.1. The molecule has 2 rings (SSSR count). The minimum Gasteiger partial charge on any atom is -0.366 e. The molecule has 1 aromatic heterocycles. The fraction of sp³-hybridized carbons (Fsp3) is 0.154. The average molecular weight is 242 g/mol. The molecule has 2 aromatic rings. The molecule has 0 aliphatic heterocycles. The number of primary amides is 1. The summed E-state index contributed by atoms with van der Waals surface area (Å²) >= 11 is 0. The molecule has 0 unspecified atom stereocenters. The maximum Gasteiger partial charge on any atom is 0.248 e. The van der Waals surface area contributed by atoms with E-state index in [1.165, 1.54) is 0 Å². The number of benzene rings is 1. The quantitative estimate of drug-likeness (QED) is 0.874. The first-order valence-corrected chi connectivity index (χ1v) is 5.54. The lowest BCUT2D eigenvalue weighted by Crippen LogP contribution is -2.19. The Hall–Kier alpha value is -2.43. The summed E-state index contributed by atoms with van der Waals surface area (Å²) in [5.74, 6) is 0.248. The molecule has 0 bridgehead atoms. The summed E-state index contributed by atoms with van der Waals surface area (Å²) in [4.78, 5) is 21.2. The van der Waals surface area contributed by atoms with Gasteiger partial charge in [0.05, 0.1) is 0 Å². The molecule has 1 amide bonds. The molecule has 0 aliphatic carbocycles. The molecular formula is C13H14N4O. The number of nitrogens with zero attached hydrogens (tertiary/aromatic N) is 3. The van der Waals surface area contributed by atoms with Crippen molar-refractivity contribution in [2.45, 2.75) is 6.54 Å². The van der Waals surface area contributed by atoms with E-state index in [-0.39, 0.29) is 0 Å². The van der Waals surface area contributed by atoms with Gasteiger partial charge >= 0.3 is 0 Å². The van der Waals surface area contributed by atoms with Crippen LogP contribution in [0.3, 0.4) is 0 Å². The minimum absolute atomic E-state index is 0.415. The number of hydrogen-bond acceptors (Lipinski definition) is 4. The SMILES string of the molecule is CN(Cc1ccc(C(N)=O)cc1)c1ncccn1. The molecular weight excluding hydrogens is 228 g/mol. The number of carbonyl (C=O) groups is 1. The van der Waals surface area contributed by atoms with Crippen molar-refractivity contribution in [3.8, 4) is 0 Å². The Morgan fingerprint density at radius 1 is 1.22 bits per heavy atom. The zero-order valence-electron chi connectivity index (χ0n) is 10.1. The Balaban J connectivity index is 2.08. The van der Waals surface area contributed by atoms with E-state index in [1.54, 1.807) is 30.6 Å². The van der Waals surface area contributed by atoms with Crippen LogP contribution in [0.4, 0.5) is 5.95 Å². The monoisotopic (exact) mass is 242 g/mol. The Morgan fingerprint density at radius 3 is 2.39 bits per heavy atom. The maximum atomic E-state index is 10.9. The molecule has 5 heteroatoms. The highest BCUT2D eigenvalue weighted by atomic mass is 16.1. The van der Waals surface area contributed by atoms with Crippen LogP contribution in [0.2, 0.25) is 0 Å². The van der Waals surface area contributed by atoms with E-state index in [0.717, 1.165) is 5.56 Å². The second-order valence-electron chi connectivity index (χ2n) is 3.97. The minimum atomic E-state index is -0.415. The molecule has 18 heavy (non-hydrogen) atoms. The molecule has 1 aromatic carbocycles. The standard InChI is InChI=1S/C13H14N4O/c1-17(13-15-7-2-8-16-13)9-10-3-5-11(6-4-10)12(14)18/h2-8H,9H2,1H3,(H2,14,18). The van der Waals surface area contributed by atoms with Gasteiger partial charge in [-0.05, 0) is 23.8 Å². The number of nitrogens with two attached hydrogens (primary N) is 1. The lowest BCUT2D eigenvalue weighted by molar-refractivity contribution is 0.100. The molecule has 0 fully saturated rings. The molecule has 0 atom stereocenters. The van der Waals surface area contributed by atoms with Gasteiger partial charge in [-0.15, -0.1) is 0 Å². The molecule has 5 nitrogen and oxygen atoms in total. The average Bonchev–Trinajstić information content (AvgIpc) is 2.40.